The van der Waals surface area contributed by atoms with Gasteiger partial charge in [0.15, 0.2) is 0 Å². The van der Waals surface area contributed by atoms with Gasteiger partial charge >= 0.3 is 0 Å². The molecule has 0 saturated carbocycles. The number of carbonyl (C=O) groups is 1. The van der Waals surface area contributed by atoms with E-state index in [0.717, 1.165) is 12.0 Å². The Bertz CT molecular complexity index is 335. The number of carbonyl (C=O) groups excluding carboxylic acids is 1. The maximum atomic E-state index is 12.1. The number of nitrogens with two attached hydrogens (primary N) is 1. The maximum absolute atomic E-state index is 12.1. The summed E-state index contributed by atoms with van der Waals surface area (Å²) >= 11 is 0. The van der Waals surface area contributed by atoms with Gasteiger partial charge in [0, 0.05) is 6.54 Å². The van der Waals surface area contributed by atoms with E-state index >= 15 is 0 Å². The van der Waals surface area contributed by atoms with Crippen molar-refractivity contribution in [3.05, 3.63) is 35.9 Å². The Morgan fingerprint density at radius 2 is 1.94 bits per heavy atom. The van der Waals surface area contributed by atoms with E-state index in [4.69, 9.17) is 5.73 Å². The standard InChI is InChI=1S/C14H22N2O/c1-11(2)13(12-7-4-3-5-8-12)14(17)16-10-6-9-15/h3-5,7-8,11,13H,6,9-10,15H2,1-2H3,(H,16,17). The van der Waals surface area contributed by atoms with Crippen molar-refractivity contribution in [3.8, 4) is 0 Å². The second-order valence-electron chi connectivity index (χ2n) is 4.57. The SMILES string of the molecule is CC(C)C(C(=O)NCCCN)c1ccccc1. The molecule has 1 aromatic rings. The van der Waals surface area contributed by atoms with Crippen molar-refractivity contribution < 1.29 is 4.79 Å². The summed E-state index contributed by atoms with van der Waals surface area (Å²) in [6.45, 7) is 5.41. The molecule has 0 aliphatic rings. The molecule has 3 nitrogen and oxygen atoms in total. The van der Waals surface area contributed by atoms with Gasteiger partial charge in [-0.15, -0.1) is 0 Å². The highest BCUT2D eigenvalue weighted by Crippen LogP contribution is 2.24. The van der Waals surface area contributed by atoms with Crippen LogP contribution in [0.25, 0.3) is 0 Å². The highest BCUT2D eigenvalue weighted by Gasteiger charge is 2.23. The molecule has 0 radical (unpaired) electrons. The van der Waals surface area contributed by atoms with E-state index in [9.17, 15) is 4.79 Å². The normalized spacial score (nSPS) is 12.5. The molecule has 1 rings (SSSR count). The Labute approximate surface area is 103 Å². The van der Waals surface area contributed by atoms with E-state index < -0.39 is 0 Å². The van der Waals surface area contributed by atoms with Crippen molar-refractivity contribution in [1.82, 2.24) is 5.32 Å². The second kappa shape index (κ2) is 7.07. The molecular formula is C14H22N2O. The Morgan fingerprint density at radius 1 is 1.29 bits per heavy atom. The smallest absolute Gasteiger partial charge is 0.227 e. The summed E-state index contributed by atoms with van der Waals surface area (Å²) in [7, 11) is 0. The lowest BCUT2D eigenvalue weighted by molar-refractivity contribution is -0.123. The molecule has 0 fully saturated rings. The first kappa shape index (κ1) is 13.7. The van der Waals surface area contributed by atoms with Crippen LogP contribution in [0.1, 0.15) is 31.7 Å². The van der Waals surface area contributed by atoms with Gasteiger partial charge in [-0.05, 0) is 24.4 Å². The number of rotatable bonds is 6. The van der Waals surface area contributed by atoms with Gasteiger partial charge in [0.05, 0.1) is 5.92 Å². The molecule has 0 aliphatic heterocycles. The summed E-state index contributed by atoms with van der Waals surface area (Å²) in [6, 6.07) is 9.92. The van der Waals surface area contributed by atoms with E-state index in [-0.39, 0.29) is 17.7 Å². The number of nitrogens with one attached hydrogen (secondary N) is 1. The van der Waals surface area contributed by atoms with Crippen LogP contribution in [0.4, 0.5) is 0 Å². The molecule has 17 heavy (non-hydrogen) atoms. The predicted octanol–water partition coefficient (Wildman–Crippen LogP) is 1.89. The minimum absolute atomic E-state index is 0.0750. The van der Waals surface area contributed by atoms with Crippen molar-refractivity contribution in [2.75, 3.05) is 13.1 Å². The van der Waals surface area contributed by atoms with Gasteiger partial charge in [-0.25, -0.2) is 0 Å². The van der Waals surface area contributed by atoms with E-state index in [1.165, 1.54) is 0 Å². The average Bonchev–Trinajstić information content (AvgIpc) is 2.30. The summed E-state index contributed by atoms with van der Waals surface area (Å²) in [5.41, 5.74) is 6.49. The first-order valence-corrected chi connectivity index (χ1v) is 6.19. The van der Waals surface area contributed by atoms with Crippen LogP contribution < -0.4 is 11.1 Å². The summed E-state index contributed by atoms with van der Waals surface area (Å²) in [4.78, 5) is 12.1. The largest absolute Gasteiger partial charge is 0.356 e. The monoisotopic (exact) mass is 234 g/mol. The minimum Gasteiger partial charge on any atom is -0.356 e. The van der Waals surface area contributed by atoms with Gasteiger partial charge in [-0.3, -0.25) is 4.79 Å². The summed E-state index contributed by atoms with van der Waals surface area (Å²) in [6.07, 6.45) is 0.825. The third-order valence-corrected chi connectivity index (χ3v) is 2.79. The van der Waals surface area contributed by atoms with Gasteiger partial charge in [-0.2, -0.15) is 0 Å². The molecule has 3 heteroatoms. The lowest BCUT2D eigenvalue weighted by Gasteiger charge is -2.20. The average molecular weight is 234 g/mol. The maximum Gasteiger partial charge on any atom is 0.227 e. The van der Waals surface area contributed by atoms with E-state index in [1.807, 2.05) is 30.3 Å². The topological polar surface area (TPSA) is 55.1 Å². The molecule has 0 saturated heterocycles. The van der Waals surface area contributed by atoms with Crippen LogP contribution in [0, 0.1) is 5.92 Å². The quantitative estimate of drug-likeness (QED) is 0.739. The highest BCUT2D eigenvalue weighted by atomic mass is 16.1. The molecule has 0 bridgehead atoms. The van der Waals surface area contributed by atoms with Gasteiger partial charge in [0.1, 0.15) is 0 Å². The minimum atomic E-state index is -0.0750. The zero-order valence-electron chi connectivity index (χ0n) is 10.6. The molecule has 0 heterocycles. The fraction of sp³-hybridized carbons (Fsp3) is 0.500. The number of benzene rings is 1. The van der Waals surface area contributed by atoms with Crippen LogP contribution in [-0.4, -0.2) is 19.0 Å². The van der Waals surface area contributed by atoms with E-state index in [1.54, 1.807) is 0 Å². The first-order valence-electron chi connectivity index (χ1n) is 6.19. The van der Waals surface area contributed by atoms with Gasteiger partial charge in [0.2, 0.25) is 5.91 Å². The number of hydrogen-bond acceptors (Lipinski definition) is 2. The fourth-order valence-corrected chi connectivity index (χ4v) is 1.92. The third kappa shape index (κ3) is 4.19. The Kier molecular flexibility index (Phi) is 5.70. The van der Waals surface area contributed by atoms with Crippen molar-refractivity contribution in [3.63, 3.8) is 0 Å². The van der Waals surface area contributed by atoms with Crippen LogP contribution in [0.5, 0.6) is 0 Å². The number of amides is 1. The molecule has 94 valence electrons. The molecule has 1 aromatic carbocycles. The lowest BCUT2D eigenvalue weighted by Crippen LogP contribution is -2.33. The van der Waals surface area contributed by atoms with Gasteiger partial charge in [-0.1, -0.05) is 44.2 Å². The predicted molar refractivity (Wildman–Crippen MR) is 70.7 cm³/mol. The Hall–Kier alpha value is -1.35. The zero-order chi connectivity index (χ0) is 12.7. The first-order chi connectivity index (χ1) is 8.16. The van der Waals surface area contributed by atoms with Crippen LogP contribution in [0.15, 0.2) is 30.3 Å². The molecule has 1 atom stereocenters. The fourth-order valence-electron chi connectivity index (χ4n) is 1.92. The van der Waals surface area contributed by atoms with Gasteiger partial charge in [0.25, 0.3) is 0 Å². The van der Waals surface area contributed by atoms with Crippen molar-refractivity contribution in [1.29, 1.82) is 0 Å². The van der Waals surface area contributed by atoms with Crippen molar-refractivity contribution in [2.45, 2.75) is 26.2 Å². The Morgan fingerprint density at radius 3 is 2.47 bits per heavy atom. The highest BCUT2D eigenvalue weighted by molar-refractivity contribution is 5.83. The molecular weight excluding hydrogens is 212 g/mol. The molecule has 0 spiro atoms. The van der Waals surface area contributed by atoms with Gasteiger partial charge < -0.3 is 11.1 Å². The summed E-state index contributed by atoms with van der Waals surface area (Å²) in [5.74, 6) is 0.309. The molecule has 0 aromatic heterocycles. The van der Waals surface area contributed by atoms with Crippen LogP contribution >= 0.6 is 0 Å². The lowest BCUT2D eigenvalue weighted by atomic mass is 9.87. The van der Waals surface area contributed by atoms with Crippen LogP contribution in [0.2, 0.25) is 0 Å². The van der Waals surface area contributed by atoms with E-state index in [2.05, 4.69) is 19.2 Å². The van der Waals surface area contributed by atoms with E-state index in [0.29, 0.717) is 13.1 Å². The molecule has 1 unspecified atom stereocenters. The zero-order valence-corrected chi connectivity index (χ0v) is 10.6. The van der Waals surface area contributed by atoms with Crippen LogP contribution in [0.3, 0.4) is 0 Å². The van der Waals surface area contributed by atoms with Crippen molar-refractivity contribution in [2.24, 2.45) is 11.7 Å². The third-order valence-electron chi connectivity index (χ3n) is 2.79. The summed E-state index contributed by atoms with van der Waals surface area (Å²) < 4.78 is 0. The number of hydrogen-bond donors (Lipinski definition) is 2. The molecule has 1 amide bonds. The van der Waals surface area contributed by atoms with Crippen LogP contribution in [-0.2, 0) is 4.79 Å². The summed E-state index contributed by atoms with van der Waals surface area (Å²) in [5, 5.41) is 2.94. The molecule has 3 N–H and O–H groups in total. The second-order valence-corrected chi connectivity index (χ2v) is 4.57. The molecule has 0 aliphatic carbocycles. The Balaban J connectivity index is 2.70. The van der Waals surface area contributed by atoms with Crippen molar-refractivity contribution >= 4 is 5.91 Å².